The molecule has 3 rings (SSSR count). The third-order valence-electron chi connectivity index (χ3n) is 4.39. The molecule has 0 bridgehead atoms. The highest BCUT2D eigenvalue weighted by molar-refractivity contribution is 7.91. The van der Waals surface area contributed by atoms with Crippen LogP contribution in [0.4, 0.5) is 16.2 Å². The molecular weight excluding hydrogens is 343 g/mol. The Balaban J connectivity index is 1.61. The van der Waals surface area contributed by atoms with E-state index in [1.54, 1.807) is 30.5 Å². The summed E-state index contributed by atoms with van der Waals surface area (Å²) in [6.07, 6.45) is 2.77. The summed E-state index contributed by atoms with van der Waals surface area (Å²) >= 11 is 0. The number of halogens is 1. The van der Waals surface area contributed by atoms with E-state index in [4.69, 9.17) is 0 Å². The molecule has 0 aliphatic carbocycles. The van der Waals surface area contributed by atoms with Gasteiger partial charge in [0.2, 0.25) is 5.95 Å². The first-order valence-corrected chi connectivity index (χ1v) is 10.0. The van der Waals surface area contributed by atoms with Gasteiger partial charge in [-0.2, -0.15) is 4.98 Å². The lowest BCUT2D eigenvalue weighted by atomic mass is 10.1. The van der Waals surface area contributed by atoms with Gasteiger partial charge in [-0.05, 0) is 30.5 Å². The van der Waals surface area contributed by atoms with E-state index < -0.39 is 9.84 Å². The zero-order chi connectivity index (χ0) is 17.9. The van der Waals surface area contributed by atoms with Gasteiger partial charge in [0.05, 0.1) is 11.5 Å². The minimum atomic E-state index is -2.94. The Morgan fingerprint density at radius 2 is 2.12 bits per heavy atom. The molecule has 1 aliphatic heterocycles. The number of nitrogens with zero attached hydrogens (tertiary/aromatic N) is 3. The van der Waals surface area contributed by atoms with Crippen molar-refractivity contribution in [2.45, 2.75) is 18.9 Å². The average Bonchev–Trinajstić information content (AvgIpc) is 2.96. The molecule has 25 heavy (non-hydrogen) atoms. The number of sulfone groups is 1. The molecule has 6 nitrogen and oxygen atoms in total. The first-order valence-electron chi connectivity index (χ1n) is 8.18. The quantitative estimate of drug-likeness (QED) is 0.844. The highest BCUT2D eigenvalue weighted by Crippen LogP contribution is 2.21. The highest BCUT2D eigenvalue weighted by Gasteiger charge is 2.31. The fourth-order valence-corrected chi connectivity index (χ4v) is 4.68. The van der Waals surface area contributed by atoms with Gasteiger partial charge >= 0.3 is 0 Å². The molecule has 1 unspecified atom stereocenters. The molecule has 1 N–H and O–H groups in total. The smallest absolute Gasteiger partial charge is 0.224 e. The standard InChI is InChI=1S/C17H21FN4O2S/c1-22(14-8-11-25(23,24)12-14)16-7-10-20-17(21-16)19-9-6-13-4-2-3-5-15(13)18/h2-5,7,10,14H,6,8-9,11-12H2,1H3,(H,19,20,21). The molecule has 1 atom stereocenters. The Bertz CT molecular complexity index is 844. The average molecular weight is 364 g/mol. The largest absolute Gasteiger partial charge is 0.355 e. The fraction of sp³-hybridized carbons (Fsp3) is 0.412. The van der Waals surface area contributed by atoms with Crippen molar-refractivity contribution in [3.63, 3.8) is 0 Å². The Morgan fingerprint density at radius 3 is 2.84 bits per heavy atom. The molecule has 1 saturated heterocycles. The second-order valence-corrected chi connectivity index (χ2v) is 8.40. The molecule has 1 fully saturated rings. The number of aromatic nitrogens is 2. The van der Waals surface area contributed by atoms with Gasteiger partial charge < -0.3 is 10.2 Å². The topological polar surface area (TPSA) is 75.2 Å². The van der Waals surface area contributed by atoms with Crippen LogP contribution in [0.3, 0.4) is 0 Å². The van der Waals surface area contributed by atoms with Crippen LogP contribution < -0.4 is 10.2 Å². The Labute approximate surface area is 147 Å². The van der Waals surface area contributed by atoms with Gasteiger partial charge in [0.15, 0.2) is 9.84 Å². The molecule has 2 aromatic rings. The highest BCUT2D eigenvalue weighted by atomic mass is 32.2. The van der Waals surface area contributed by atoms with Crippen LogP contribution >= 0.6 is 0 Å². The van der Waals surface area contributed by atoms with E-state index in [2.05, 4.69) is 15.3 Å². The van der Waals surface area contributed by atoms with Gasteiger partial charge in [-0.1, -0.05) is 18.2 Å². The molecular formula is C17H21FN4O2S. The van der Waals surface area contributed by atoms with Gasteiger partial charge in [0.1, 0.15) is 11.6 Å². The first-order chi connectivity index (χ1) is 11.9. The van der Waals surface area contributed by atoms with Gasteiger partial charge in [-0.15, -0.1) is 0 Å². The molecule has 8 heteroatoms. The molecule has 1 aromatic carbocycles. The summed E-state index contributed by atoms with van der Waals surface area (Å²) in [7, 11) is -1.10. The number of anilines is 2. The first kappa shape index (κ1) is 17.6. The van der Waals surface area contributed by atoms with Crippen molar-refractivity contribution in [1.29, 1.82) is 0 Å². The predicted molar refractivity (Wildman–Crippen MR) is 96.1 cm³/mol. The van der Waals surface area contributed by atoms with Crippen LogP contribution in [0.15, 0.2) is 36.5 Å². The summed E-state index contributed by atoms with van der Waals surface area (Å²) in [5, 5.41) is 3.09. The zero-order valence-corrected chi connectivity index (χ0v) is 14.8. The SMILES string of the molecule is CN(c1ccnc(NCCc2ccccc2F)n1)C1CCS(=O)(=O)C1. The molecule has 1 aromatic heterocycles. The van der Waals surface area contributed by atoms with Crippen molar-refractivity contribution >= 4 is 21.6 Å². The minimum absolute atomic E-state index is 0.0637. The maximum atomic E-state index is 13.6. The molecule has 0 saturated carbocycles. The van der Waals surface area contributed by atoms with Crippen LogP contribution in [0.25, 0.3) is 0 Å². The van der Waals surface area contributed by atoms with Crippen molar-refractivity contribution in [3.8, 4) is 0 Å². The lowest BCUT2D eigenvalue weighted by Crippen LogP contribution is -2.33. The molecule has 0 radical (unpaired) electrons. The number of benzene rings is 1. The molecule has 0 amide bonds. The third kappa shape index (κ3) is 4.45. The van der Waals surface area contributed by atoms with E-state index in [1.165, 1.54) is 6.07 Å². The second-order valence-electron chi connectivity index (χ2n) is 6.17. The summed E-state index contributed by atoms with van der Waals surface area (Å²) in [6, 6.07) is 8.36. The van der Waals surface area contributed by atoms with Crippen LogP contribution in [0.5, 0.6) is 0 Å². The number of rotatable bonds is 6. The molecule has 1 aliphatic rings. The normalized spacial score (nSPS) is 18.9. The van der Waals surface area contributed by atoms with E-state index in [1.807, 2.05) is 11.9 Å². The number of hydrogen-bond donors (Lipinski definition) is 1. The van der Waals surface area contributed by atoms with Crippen molar-refractivity contribution in [1.82, 2.24) is 9.97 Å². The number of nitrogens with one attached hydrogen (secondary N) is 1. The van der Waals surface area contributed by atoms with Gasteiger partial charge in [0.25, 0.3) is 0 Å². The Hall–Kier alpha value is -2.22. The third-order valence-corrected chi connectivity index (χ3v) is 6.14. The number of hydrogen-bond acceptors (Lipinski definition) is 6. The van der Waals surface area contributed by atoms with Gasteiger partial charge in [-0.25, -0.2) is 17.8 Å². The summed E-state index contributed by atoms with van der Waals surface area (Å²) in [5.74, 6) is 1.28. The van der Waals surface area contributed by atoms with Gasteiger partial charge in [-0.3, -0.25) is 0 Å². The minimum Gasteiger partial charge on any atom is -0.355 e. The summed E-state index contributed by atoms with van der Waals surface area (Å²) in [6.45, 7) is 0.506. The van der Waals surface area contributed by atoms with E-state index in [-0.39, 0.29) is 23.4 Å². The van der Waals surface area contributed by atoms with Crippen LogP contribution in [0.2, 0.25) is 0 Å². The van der Waals surface area contributed by atoms with Crippen LogP contribution in [-0.4, -0.2) is 49.5 Å². The van der Waals surface area contributed by atoms with Crippen molar-refractivity contribution in [2.24, 2.45) is 0 Å². The fourth-order valence-electron chi connectivity index (χ4n) is 2.91. The van der Waals surface area contributed by atoms with E-state index in [9.17, 15) is 12.8 Å². The summed E-state index contributed by atoms with van der Waals surface area (Å²) < 4.78 is 36.9. The van der Waals surface area contributed by atoms with Crippen LogP contribution in [0.1, 0.15) is 12.0 Å². The van der Waals surface area contributed by atoms with E-state index >= 15 is 0 Å². The second kappa shape index (κ2) is 7.35. The monoisotopic (exact) mass is 364 g/mol. The van der Waals surface area contributed by atoms with E-state index in [0.29, 0.717) is 36.7 Å². The summed E-state index contributed by atoms with van der Waals surface area (Å²) in [5.41, 5.74) is 0.638. The van der Waals surface area contributed by atoms with Gasteiger partial charge in [0, 0.05) is 25.8 Å². The predicted octanol–water partition coefficient (Wildman–Crippen LogP) is 1.89. The maximum absolute atomic E-state index is 13.6. The van der Waals surface area contributed by atoms with Crippen molar-refractivity contribution in [3.05, 3.63) is 47.9 Å². The van der Waals surface area contributed by atoms with Crippen LogP contribution in [-0.2, 0) is 16.3 Å². The Kier molecular flexibility index (Phi) is 5.17. The van der Waals surface area contributed by atoms with Crippen molar-refractivity contribution in [2.75, 3.05) is 35.3 Å². The molecule has 2 heterocycles. The summed E-state index contributed by atoms with van der Waals surface area (Å²) in [4.78, 5) is 10.5. The molecule has 0 spiro atoms. The van der Waals surface area contributed by atoms with Crippen molar-refractivity contribution < 1.29 is 12.8 Å². The van der Waals surface area contributed by atoms with E-state index in [0.717, 1.165) is 0 Å². The zero-order valence-electron chi connectivity index (χ0n) is 14.0. The van der Waals surface area contributed by atoms with Crippen LogP contribution in [0, 0.1) is 5.82 Å². The molecule has 134 valence electrons. The maximum Gasteiger partial charge on any atom is 0.224 e. The Morgan fingerprint density at radius 1 is 1.32 bits per heavy atom. The lowest BCUT2D eigenvalue weighted by Gasteiger charge is -2.24. The lowest BCUT2D eigenvalue weighted by molar-refractivity contribution is 0.600.